The van der Waals surface area contributed by atoms with Crippen LogP contribution >= 0.6 is 70.0 Å². The lowest BCUT2D eigenvalue weighted by molar-refractivity contribution is -0.115. The number of carbonyl (C=O) groups excluding carboxylic acids is 1. The van der Waals surface area contributed by atoms with Crippen LogP contribution in [0.4, 0.5) is 5.13 Å². The van der Waals surface area contributed by atoms with E-state index < -0.39 is 5.91 Å². The number of furan rings is 1. The largest absolute Gasteiger partial charge is 0.457 e. The van der Waals surface area contributed by atoms with Crippen LogP contribution in [0.15, 0.2) is 53.0 Å². The van der Waals surface area contributed by atoms with Crippen molar-refractivity contribution in [2.75, 3.05) is 5.32 Å². The van der Waals surface area contributed by atoms with Crippen LogP contribution in [0.25, 0.3) is 27.6 Å². The Balaban J connectivity index is 1.38. The first kappa shape index (κ1) is 23.0. The van der Waals surface area contributed by atoms with Crippen LogP contribution in [0.5, 0.6) is 0 Å². The maximum absolute atomic E-state index is 12.2. The first-order valence-corrected chi connectivity index (χ1v) is 11.6. The van der Waals surface area contributed by atoms with Gasteiger partial charge in [0.25, 0.3) is 0 Å². The van der Waals surface area contributed by atoms with E-state index in [9.17, 15) is 4.79 Å². The molecule has 0 saturated carbocycles. The second-order valence-corrected chi connectivity index (χ2v) is 9.40. The normalized spacial score (nSPS) is 11.2. The minimum absolute atomic E-state index is 0.0917. The summed E-state index contributed by atoms with van der Waals surface area (Å²) in [6.45, 7) is 0. The lowest BCUT2D eigenvalue weighted by atomic mass is 10.2. The standard InChI is InChI=1S/C21H11Cl4N3O2S2/c22-10-1-4-12(14(24)9-10)15-6-2-11(30-15)3-8-17(29)26-20(31)28-21-27-19-16(32-21)7-5-13(23)18(19)25/h1-9H,(H2,26,27,28,29,31)/b8-3+. The highest BCUT2D eigenvalue weighted by atomic mass is 35.5. The summed E-state index contributed by atoms with van der Waals surface area (Å²) >= 11 is 30.8. The number of nitrogens with zero attached hydrogens (tertiary/aromatic N) is 1. The van der Waals surface area contributed by atoms with Crippen molar-refractivity contribution in [3.8, 4) is 11.3 Å². The molecule has 2 N–H and O–H groups in total. The number of amides is 1. The van der Waals surface area contributed by atoms with Crippen LogP contribution in [0.1, 0.15) is 5.76 Å². The molecule has 2 aromatic heterocycles. The van der Waals surface area contributed by atoms with Gasteiger partial charge in [0.05, 0.1) is 19.8 Å². The minimum atomic E-state index is -0.438. The van der Waals surface area contributed by atoms with E-state index in [0.717, 1.165) is 4.70 Å². The van der Waals surface area contributed by atoms with Crippen LogP contribution in [-0.4, -0.2) is 16.0 Å². The molecule has 162 valence electrons. The molecule has 0 radical (unpaired) electrons. The molecule has 0 unspecified atom stereocenters. The molecule has 0 saturated heterocycles. The van der Waals surface area contributed by atoms with Crippen molar-refractivity contribution in [3.05, 3.63) is 74.4 Å². The van der Waals surface area contributed by atoms with Gasteiger partial charge in [-0.15, -0.1) is 0 Å². The molecule has 5 nitrogen and oxygen atoms in total. The number of hydrogen-bond acceptors (Lipinski definition) is 5. The number of thiocarbonyl (C=S) groups is 1. The van der Waals surface area contributed by atoms with Crippen molar-refractivity contribution in [1.82, 2.24) is 10.3 Å². The monoisotopic (exact) mass is 541 g/mol. The number of carbonyl (C=O) groups is 1. The number of thiazole rings is 1. The SMILES string of the molecule is O=C(/C=C/c1ccc(-c2ccc(Cl)cc2Cl)o1)NC(=S)Nc1nc2c(Cl)c(Cl)ccc2s1. The Morgan fingerprint density at radius 2 is 1.88 bits per heavy atom. The van der Waals surface area contributed by atoms with E-state index in [0.29, 0.717) is 47.8 Å². The van der Waals surface area contributed by atoms with E-state index in [-0.39, 0.29) is 5.11 Å². The molecule has 0 spiro atoms. The van der Waals surface area contributed by atoms with Gasteiger partial charge in [-0.1, -0.05) is 57.7 Å². The molecular formula is C21H11Cl4N3O2S2. The van der Waals surface area contributed by atoms with E-state index >= 15 is 0 Å². The van der Waals surface area contributed by atoms with Gasteiger partial charge in [0, 0.05) is 16.7 Å². The summed E-state index contributed by atoms with van der Waals surface area (Å²) in [5.74, 6) is 0.586. The van der Waals surface area contributed by atoms with Gasteiger partial charge in [-0.2, -0.15) is 0 Å². The number of aromatic nitrogens is 1. The van der Waals surface area contributed by atoms with E-state index in [1.165, 1.54) is 23.5 Å². The molecule has 2 aromatic carbocycles. The van der Waals surface area contributed by atoms with Crippen LogP contribution in [0.3, 0.4) is 0 Å². The van der Waals surface area contributed by atoms with E-state index in [4.69, 9.17) is 63.0 Å². The molecule has 1 amide bonds. The van der Waals surface area contributed by atoms with Crippen LogP contribution in [0.2, 0.25) is 20.1 Å². The number of fused-ring (bicyclic) bond motifs is 1. The summed E-state index contributed by atoms with van der Waals surface area (Å²) in [5.41, 5.74) is 1.26. The molecule has 32 heavy (non-hydrogen) atoms. The Bertz CT molecular complexity index is 1380. The van der Waals surface area contributed by atoms with Gasteiger partial charge in [0.1, 0.15) is 17.0 Å². The molecule has 4 aromatic rings. The van der Waals surface area contributed by atoms with Gasteiger partial charge in [-0.25, -0.2) is 4.98 Å². The predicted molar refractivity (Wildman–Crippen MR) is 137 cm³/mol. The average molecular weight is 543 g/mol. The Kier molecular flexibility index (Phi) is 7.05. The van der Waals surface area contributed by atoms with Crippen molar-refractivity contribution in [2.45, 2.75) is 0 Å². The highest BCUT2D eigenvalue weighted by Crippen LogP contribution is 2.35. The Morgan fingerprint density at radius 3 is 2.66 bits per heavy atom. The predicted octanol–water partition coefficient (Wildman–Crippen LogP) is 7.70. The third-order valence-electron chi connectivity index (χ3n) is 4.13. The fourth-order valence-corrected chi connectivity index (χ4v) is 4.76. The zero-order valence-corrected chi connectivity index (χ0v) is 20.4. The zero-order chi connectivity index (χ0) is 22.8. The van der Waals surface area contributed by atoms with Crippen LogP contribution in [0, 0.1) is 0 Å². The molecule has 0 fully saturated rings. The van der Waals surface area contributed by atoms with Gasteiger partial charge < -0.3 is 9.73 Å². The molecule has 0 bridgehead atoms. The molecule has 0 aliphatic heterocycles. The first-order valence-electron chi connectivity index (χ1n) is 8.90. The fraction of sp³-hybridized carbons (Fsp3) is 0. The number of rotatable bonds is 4. The van der Waals surface area contributed by atoms with Crippen molar-refractivity contribution in [2.24, 2.45) is 0 Å². The summed E-state index contributed by atoms with van der Waals surface area (Å²) in [4.78, 5) is 16.6. The van der Waals surface area contributed by atoms with Crippen molar-refractivity contribution >= 4 is 102 Å². The Hall–Kier alpha value is -2.13. The van der Waals surface area contributed by atoms with Gasteiger partial charge >= 0.3 is 0 Å². The number of nitrogens with one attached hydrogen (secondary N) is 2. The quantitative estimate of drug-likeness (QED) is 0.204. The van der Waals surface area contributed by atoms with Crippen molar-refractivity contribution in [3.63, 3.8) is 0 Å². The first-order chi connectivity index (χ1) is 15.3. The summed E-state index contributed by atoms with van der Waals surface area (Å²) in [6, 6.07) is 12.1. The molecule has 0 aliphatic rings. The highest BCUT2D eigenvalue weighted by molar-refractivity contribution is 7.80. The summed E-state index contributed by atoms with van der Waals surface area (Å²) in [7, 11) is 0. The van der Waals surface area contributed by atoms with Gasteiger partial charge in [0.15, 0.2) is 10.2 Å². The topological polar surface area (TPSA) is 67.2 Å². The molecule has 4 rings (SSSR count). The fourth-order valence-electron chi connectivity index (χ4n) is 2.71. The average Bonchev–Trinajstić information content (AvgIpc) is 3.36. The second-order valence-electron chi connectivity index (χ2n) is 6.33. The van der Waals surface area contributed by atoms with Gasteiger partial charge in [-0.05, 0) is 60.8 Å². The summed E-state index contributed by atoms with van der Waals surface area (Å²) in [6.07, 6.45) is 2.82. The van der Waals surface area contributed by atoms with Gasteiger partial charge in [0.2, 0.25) is 5.91 Å². The maximum Gasteiger partial charge on any atom is 0.250 e. The number of hydrogen-bond donors (Lipinski definition) is 2. The number of benzene rings is 2. The molecule has 2 heterocycles. The van der Waals surface area contributed by atoms with E-state index in [1.807, 2.05) is 6.07 Å². The molecule has 0 aliphatic carbocycles. The lowest BCUT2D eigenvalue weighted by Gasteiger charge is -2.04. The Morgan fingerprint density at radius 1 is 1.06 bits per heavy atom. The third kappa shape index (κ3) is 5.26. The number of anilines is 1. The lowest BCUT2D eigenvalue weighted by Crippen LogP contribution is -2.32. The van der Waals surface area contributed by atoms with Crippen LogP contribution in [-0.2, 0) is 4.79 Å². The highest BCUT2D eigenvalue weighted by Gasteiger charge is 2.12. The molecular weight excluding hydrogens is 532 g/mol. The minimum Gasteiger partial charge on any atom is -0.457 e. The van der Waals surface area contributed by atoms with Crippen molar-refractivity contribution < 1.29 is 9.21 Å². The van der Waals surface area contributed by atoms with E-state index in [1.54, 1.807) is 36.4 Å². The van der Waals surface area contributed by atoms with Gasteiger partial charge in [-0.3, -0.25) is 10.1 Å². The third-order valence-corrected chi connectivity index (χ3v) is 6.61. The molecule has 11 heteroatoms. The van der Waals surface area contributed by atoms with Crippen LogP contribution < -0.4 is 10.6 Å². The van der Waals surface area contributed by atoms with E-state index in [2.05, 4.69) is 15.6 Å². The summed E-state index contributed by atoms with van der Waals surface area (Å²) in [5, 5.41) is 7.76. The van der Waals surface area contributed by atoms with Crippen molar-refractivity contribution in [1.29, 1.82) is 0 Å². The smallest absolute Gasteiger partial charge is 0.250 e. The molecule has 0 atom stereocenters. The zero-order valence-electron chi connectivity index (χ0n) is 15.8. The maximum atomic E-state index is 12.2. The number of halogens is 4. The second kappa shape index (κ2) is 9.79. The summed E-state index contributed by atoms with van der Waals surface area (Å²) < 4.78 is 6.56. The Labute approximate surface area is 211 Å².